The van der Waals surface area contributed by atoms with Crippen LogP contribution in [-0.4, -0.2) is 11.9 Å². The molecule has 0 radical (unpaired) electrons. The van der Waals surface area contributed by atoms with Gasteiger partial charge in [0.1, 0.15) is 0 Å². The third kappa shape index (κ3) is 2.99. The molecule has 3 rings (SSSR count). The summed E-state index contributed by atoms with van der Waals surface area (Å²) in [7, 11) is 0. The zero-order valence-corrected chi connectivity index (χ0v) is 12.2. The summed E-state index contributed by atoms with van der Waals surface area (Å²) < 4.78 is 5.17. The molecule has 104 valence electrons. The number of aliphatic imine (C=N–C) groups is 1. The van der Waals surface area contributed by atoms with E-state index in [-0.39, 0.29) is 11.6 Å². The van der Waals surface area contributed by atoms with Crippen LogP contribution in [0.5, 0.6) is 0 Å². The van der Waals surface area contributed by atoms with Gasteiger partial charge in [0.2, 0.25) is 5.90 Å². The van der Waals surface area contributed by atoms with E-state index in [1.54, 1.807) is 24.3 Å². The molecule has 0 saturated carbocycles. The highest BCUT2D eigenvalue weighted by Gasteiger charge is 2.24. The van der Waals surface area contributed by atoms with Crippen LogP contribution >= 0.6 is 23.2 Å². The van der Waals surface area contributed by atoms with Gasteiger partial charge in [0.25, 0.3) is 0 Å². The lowest BCUT2D eigenvalue weighted by molar-refractivity contribution is -0.129. The van der Waals surface area contributed by atoms with E-state index in [0.717, 1.165) is 5.56 Å². The Morgan fingerprint density at radius 3 is 2.52 bits per heavy atom. The highest BCUT2D eigenvalue weighted by molar-refractivity contribution is 6.35. The number of carbonyl (C=O) groups is 1. The molecule has 5 heteroatoms. The molecule has 0 aromatic heterocycles. The fourth-order valence-corrected chi connectivity index (χ4v) is 2.34. The van der Waals surface area contributed by atoms with Gasteiger partial charge in [0, 0.05) is 15.6 Å². The second-order valence-corrected chi connectivity index (χ2v) is 5.21. The lowest BCUT2D eigenvalue weighted by atomic mass is 10.2. The minimum absolute atomic E-state index is 0.207. The van der Waals surface area contributed by atoms with Gasteiger partial charge in [-0.1, -0.05) is 47.5 Å². The van der Waals surface area contributed by atoms with Crippen molar-refractivity contribution in [2.45, 2.75) is 0 Å². The van der Waals surface area contributed by atoms with Crippen molar-refractivity contribution in [1.82, 2.24) is 0 Å². The number of halogens is 2. The number of nitrogens with zero attached hydrogens (tertiary/aromatic N) is 1. The van der Waals surface area contributed by atoms with Crippen molar-refractivity contribution in [3.05, 3.63) is 75.4 Å². The van der Waals surface area contributed by atoms with Gasteiger partial charge in [-0.05, 0) is 35.9 Å². The molecule has 0 saturated heterocycles. The van der Waals surface area contributed by atoms with Gasteiger partial charge in [-0.15, -0.1) is 0 Å². The Kier molecular flexibility index (Phi) is 3.78. The first-order valence-electron chi connectivity index (χ1n) is 6.16. The SMILES string of the molecule is O=C1OC(c2ccccc2)=N/C1=C/c1ccc(Cl)cc1Cl. The van der Waals surface area contributed by atoms with Gasteiger partial charge in [0.15, 0.2) is 5.70 Å². The van der Waals surface area contributed by atoms with Gasteiger partial charge in [-0.25, -0.2) is 9.79 Å². The maximum atomic E-state index is 11.9. The fraction of sp³-hybridized carbons (Fsp3) is 0. The standard InChI is InChI=1S/C16H9Cl2NO2/c17-12-7-6-11(13(18)9-12)8-14-16(20)21-15(19-14)10-4-2-1-3-5-10/h1-9H/b14-8+. The van der Waals surface area contributed by atoms with Crippen LogP contribution in [0, 0.1) is 0 Å². The maximum absolute atomic E-state index is 11.9. The molecular formula is C16H9Cl2NO2. The lowest BCUT2D eigenvalue weighted by Crippen LogP contribution is -2.04. The molecule has 0 N–H and O–H groups in total. The number of benzene rings is 2. The topological polar surface area (TPSA) is 38.7 Å². The van der Waals surface area contributed by atoms with Crippen LogP contribution in [0.3, 0.4) is 0 Å². The van der Waals surface area contributed by atoms with Crippen LogP contribution in [0.15, 0.2) is 59.2 Å². The highest BCUT2D eigenvalue weighted by Crippen LogP contribution is 2.25. The second kappa shape index (κ2) is 5.72. The first-order chi connectivity index (χ1) is 10.1. The predicted octanol–water partition coefficient (Wildman–Crippen LogP) is 4.34. The molecular weight excluding hydrogens is 309 g/mol. The molecule has 1 aliphatic rings. The quantitative estimate of drug-likeness (QED) is 0.610. The van der Waals surface area contributed by atoms with E-state index >= 15 is 0 Å². The second-order valence-electron chi connectivity index (χ2n) is 4.37. The summed E-state index contributed by atoms with van der Waals surface area (Å²) in [6.07, 6.45) is 1.58. The molecule has 0 spiro atoms. The van der Waals surface area contributed by atoms with Gasteiger partial charge in [-0.3, -0.25) is 0 Å². The van der Waals surface area contributed by atoms with Gasteiger partial charge >= 0.3 is 5.97 Å². The van der Waals surface area contributed by atoms with Crippen molar-refractivity contribution in [3.63, 3.8) is 0 Å². The summed E-state index contributed by atoms with van der Waals surface area (Å²) in [5, 5.41) is 0.982. The Labute approximate surface area is 131 Å². The Hall–Kier alpha value is -2.10. The average Bonchev–Trinajstić information content (AvgIpc) is 2.84. The Balaban J connectivity index is 1.97. The zero-order chi connectivity index (χ0) is 14.8. The first-order valence-corrected chi connectivity index (χ1v) is 6.92. The van der Waals surface area contributed by atoms with Gasteiger partial charge < -0.3 is 4.74 Å². The largest absolute Gasteiger partial charge is 0.402 e. The molecule has 0 bridgehead atoms. The molecule has 0 unspecified atom stereocenters. The van der Waals surface area contributed by atoms with E-state index in [4.69, 9.17) is 27.9 Å². The summed E-state index contributed by atoms with van der Waals surface area (Å²) in [5.74, 6) is -0.211. The number of ether oxygens (including phenoxy) is 1. The molecule has 0 aliphatic carbocycles. The Bertz CT molecular complexity index is 767. The summed E-state index contributed by atoms with van der Waals surface area (Å²) in [6, 6.07) is 14.3. The van der Waals surface area contributed by atoms with Crippen LogP contribution in [0.4, 0.5) is 0 Å². The molecule has 2 aromatic carbocycles. The first kappa shape index (κ1) is 13.9. The molecule has 0 fully saturated rings. The summed E-state index contributed by atoms with van der Waals surface area (Å²) in [5.41, 5.74) is 1.61. The van der Waals surface area contributed by atoms with E-state index in [1.807, 2.05) is 30.3 Å². The molecule has 0 atom stereocenters. The zero-order valence-electron chi connectivity index (χ0n) is 10.7. The van der Waals surface area contributed by atoms with Crippen LogP contribution in [0.1, 0.15) is 11.1 Å². The van der Waals surface area contributed by atoms with Crippen molar-refractivity contribution in [2.24, 2.45) is 4.99 Å². The van der Waals surface area contributed by atoms with Crippen LogP contribution in [0.2, 0.25) is 10.0 Å². The number of rotatable bonds is 2. The summed E-state index contributed by atoms with van der Waals surface area (Å²) in [6.45, 7) is 0. The van der Waals surface area contributed by atoms with E-state index in [1.165, 1.54) is 0 Å². The molecule has 2 aromatic rings. The minimum Gasteiger partial charge on any atom is -0.402 e. The van der Waals surface area contributed by atoms with E-state index in [2.05, 4.69) is 4.99 Å². The number of cyclic esters (lactones) is 1. The molecule has 0 amide bonds. The van der Waals surface area contributed by atoms with Crippen LogP contribution in [-0.2, 0) is 9.53 Å². The van der Waals surface area contributed by atoms with Crippen molar-refractivity contribution in [1.29, 1.82) is 0 Å². The fourth-order valence-electron chi connectivity index (χ4n) is 1.88. The average molecular weight is 318 g/mol. The smallest absolute Gasteiger partial charge is 0.363 e. The molecule has 1 aliphatic heterocycles. The summed E-state index contributed by atoms with van der Waals surface area (Å²) in [4.78, 5) is 16.1. The number of hydrogen-bond donors (Lipinski definition) is 0. The third-order valence-electron chi connectivity index (χ3n) is 2.90. The Morgan fingerprint density at radius 1 is 1.05 bits per heavy atom. The van der Waals surface area contributed by atoms with E-state index in [0.29, 0.717) is 15.6 Å². The van der Waals surface area contributed by atoms with Crippen molar-refractivity contribution in [2.75, 3.05) is 0 Å². The Morgan fingerprint density at radius 2 is 1.81 bits per heavy atom. The number of esters is 1. The van der Waals surface area contributed by atoms with Gasteiger partial charge in [-0.2, -0.15) is 0 Å². The lowest BCUT2D eigenvalue weighted by Gasteiger charge is -1.98. The predicted molar refractivity (Wildman–Crippen MR) is 83.5 cm³/mol. The highest BCUT2D eigenvalue weighted by atomic mass is 35.5. The minimum atomic E-state index is -0.500. The molecule has 1 heterocycles. The van der Waals surface area contributed by atoms with Crippen molar-refractivity contribution >= 4 is 41.1 Å². The van der Waals surface area contributed by atoms with Crippen molar-refractivity contribution in [3.8, 4) is 0 Å². The normalized spacial score (nSPS) is 16.0. The maximum Gasteiger partial charge on any atom is 0.363 e. The van der Waals surface area contributed by atoms with Crippen LogP contribution in [0.25, 0.3) is 6.08 Å². The van der Waals surface area contributed by atoms with E-state index < -0.39 is 5.97 Å². The van der Waals surface area contributed by atoms with Crippen LogP contribution < -0.4 is 0 Å². The number of carbonyl (C=O) groups excluding carboxylic acids is 1. The summed E-state index contributed by atoms with van der Waals surface area (Å²) >= 11 is 11.9. The van der Waals surface area contributed by atoms with Gasteiger partial charge in [0.05, 0.1) is 0 Å². The molecule has 3 nitrogen and oxygen atoms in total. The number of hydrogen-bond acceptors (Lipinski definition) is 3. The third-order valence-corrected chi connectivity index (χ3v) is 3.46. The van der Waals surface area contributed by atoms with E-state index in [9.17, 15) is 4.79 Å². The monoisotopic (exact) mass is 317 g/mol. The van der Waals surface area contributed by atoms with Crippen molar-refractivity contribution < 1.29 is 9.53 Å². The molecule has 21 heavy (non-hydrogen) atoms.